The Balaban J connectivity index is 1.74. The molecule has 0 unspecified atom stereocenters. The van der Waals surface area contributed by atoms with Gasteiger partial charge in [-0.1, -0.05) is 48.5 Å². The molecule has 0 fully saturated rings. The first-order chi connectivity index (χ1) is 20.3. The molecule has 8 N–H and O–H groups in total. The first-order valence-corrected chi connectivity index (χ1v) is 13.8. The van der Waals surface area contributed by atoms with Gasteiger partial charge in [-0.05, 0) is 42.7 Å². The van der Waals surface area contributed by atoms with Gasteiger partial charge in [-0.2, -0.15) is 0 Å². The van der Waals surface area contributed by atoms with Crippen molar-refractivity contribution >= 4 is 23.4 Å². The molecule has 3 aromatic rings. The van der Waals surface area contributed by atoms with Crippen LogP contribution in [0.4, 0.5) is 5.69 Å². The number of carbonyl (C=O) groups is 3. The van der Waals surface area contributed by atoms with Crippen LogP contribution in [0.1, 0.15) is 18.4 Å². The van der Waals surface area contributed by atoms with Gasteiger partial charge in [0.15, 0.2) is 5.75 Å². The highest BCUT2D eigenvalue weighted by atomic mass is 16.5. The number of para-hydroxylation sites is 2. The lowest BCUT2D eigenvalue weighted by molar-refractivity contribution is -0.134. The van der Waals surface area contributed by atoms with E-state index >= 15 is 0 Å². The van der Waals surface area contributed by atoms with Gasteiger partial charge in [0.2, 0.25) is 17.7 Å². The minimum atomic E-state index is -1.16. The third-order valence-corrected chi connectivity index (χ3v) is 6.49. The number of anilines is 1. The van der Waals surface area contributed by atoms with Crippen molar-refractivity contribution in [3.05, 3.63) is 84.4 Å². The van der Waals surface area contributed by atoms with Gasteiger partial charge in [0.05, 0.1) is 25.3 Å². The van der Waals surface area contributed by atoms with Crippen molar-refractivity contribution in [3.63, 3.8) is 0 Å². The molecule has 2 atom stereocenters. The predicted molar refractivity (Wildman–Crippen MR) is 162 cm³/mol. The maximum absolute atomic E-state index is 13.6. The first-order valence-electron chi connectivity index (χ1n) is 13.8. The van der Waals surface area contributed by atoms with E-state index in [0.29, 0.717) is 48.9 Å². The minimum absolute atomic E-state index is 0.240. The minimum Gasteiger partial charge on any atom is -0.497 e. The van der Waals surface area contributed by atoms with E-state index in [1.165, 1.54) is 4.90 Å². The standard InChI is InChI=1S/C31H40N6O5/c1-41-23-10-7-11-24(20-23)42-28-13-6-5-12-26(28)35-31(40)27(15-14-22-8-3-2-4-9-22)36-30(39)25(34)21-29(38)37(18-16-32)19-17-33/h2-13,20,25,27H,14-19,21,32-34H2,1H3,(H,35,40)(H,36,39)/t25-,27-/m0/s1. The highest BCUT2D eigenvalue weighted by Gasteiger charge is 2.27. The van der Waals surface area contributed by atoms with Crippen LogP contribution < -0.4 is 37.3 Å². The van der Waals surface area contributed by atoms with E-state index in [-0.39, 0.29) is 25.4 Å². The number of aryl methyl sites for hydroxylation is 1. The molecular formula is C31H40N6O5. The Hall–Kier alpha value is -4.45. The molecule has 11 nitrogen and oxygen atoms in total. The normalized spacial score (nSPS) is 12.1. The average molecular weight is 577 g/mol. The fourth-order valence-corrected chi connectivity index (χ4v) is 4.26. The zero-order valence-electron chi connectivity index (χ0n) is 23.8. The van der Waals surface area contributed by atoms with Gasteiger partial charge in [0.25, 0.3) is 0 Å². The van der Waals surface area contributed by atoms with Crippen LogP contribution in [0, 0.1) is 0 Å². The van der Waals surface area contributed by atoms with E-state index in [2.05, 4.69) is 10.6 Å². The summed E-state index contributed by atoms with van der Waals surface area (Å²) in [5, 5.41) is 5.62. The molecule has 224 valence electrons. The quantitative estimate of drug-likeness (QED) is 0.172. The lowest BCUT2D eigenvalue weighted by Crippen LogP contribution is -2.52. The molecule has 0 saturated carbocycles. The van der Waals surface area contributed by atoms with Crippen LogP contribution in [0.25, 0.3) is 0 Å². The number of nitrogens with one attached hydrogen (secondary N) is 2. The molecule has 3 rings (SSSR count). The highest BCUT2D eigenvalue weighted by Crippen LogP contribution is 2.31. The monoisotopic (exact) mass is 576 g/mol. The van der Waals surface area contributed by atoms with Gasteiger partial charge in [-0.25, -0.2) is 0 Å². The molecule has 0 heterocycles. The smallest absolute Gasteiger partial charge is 0.247 e. The van der Waals surface area contributed by atoms with E-state index in [4.69, 9.17) is 26.7 Å². The van der Waals surface area contributed by atoms with Crippen LogP contribution in [0.3, 0.4) is 0 Å². The maximum Gasteiger partial charge on any atom is 0.247 e. The number of carbonyl (C=O) groups excluding carboxylic acids is 3. The molecule has 0 aliphatic rings. The number of hydrogen-bond donors (Lipinski definition) is 5. The van der Waals surface area contributed by atoms with Crippen molar-refractivity contribution < 1.29 is 23.9 Å². The first kappa shape index (κ1) is 32.1. The number of nitrogens with zero attached hydrogens (tertiary/aromatic N) is 1. The lowest BCUT2D eigenvalue weighted by atomic mass is 10.0. The van der Waals surface area contributed by atoms with Gasteiger partial charge in [-0.15, -0.1) is 0 Å². The van der Waals surface area contributed by atoms with Crippen LogP contribution in [0.15, 0.2) is 78.9 Å². The van der Waals surface area contributed by atoms with Gasteiger partial charge in [0.1, 0.15) is 17.5 Å². The van der Waals surface area contributed by atoms with Crippen molar-refractivity contribution in [2.24, 2.45) is 17.2 Å². The summed E-state index contributed by atoms with van der Waals surface area (Å²) in [7, 11) is 1.56. The number of benzene rings is 3. The molecule has 0 aromatic heterocycles. The fourth-order valence-electron chi connectivity index (χ4n) is 4.26. The Kier molecular flexibility index (Phi) is 12.8. The number of rotatable bonds is 16. The molecule has 0 radical (unpaired) electrons. The van der Waals surface area contributed by atoms with Crippen LogP contribution in [-0.2, 0) is 20.8 Å². The second-order valence-corrected chi connectivity index (χ2v) is 9.62. The zero-order valence-corrected chi connectivity index (χ0v) is 23.8. The molecular weight excluding hydrogens is 536 g/mol. The molecule has 11 heteroatoms. The summed E-state index contributed by atoms with van der Waals surface area (Å²) in [4.78, 5) is 40.8. The van der Waals surface area contributed by atoms with Crippen molar-refractivity contribution in [2.75, 3.05) is 38.6 Å². The second-order valence-electron chi connectivity index (χ2n) is 9.62. The van der Waals surface area contributed by atoms with Crippen molar-refractivity contribution in [1.29, 1.82) is 0 Å². The van der Waals surface area contributed by atoms with E-state index < -0.39 is 23.9 Å². The number of hydrogen-bond acceptors (Lipinski definition) is 8. The van der Waals surface area contributed by atoms with Crippen LogP contribution >= 0.6 is 0 Å². The van der Waals surface area contributed by atoms with Gasteiger partial charge < -0.3 is 42.2 Å². The SMILES string of the molecule is COc1cccc(Oc2ccccc2NC(=O)[C@H](CCc2ccccc2)NC(=O)[C@@H](N)CC(=O)N(CCN)CCN)c1. The Labute approximate surface area is 246 Å². The summed E-state index contributed by atoms with van der Waals surface area (Å²) in [6.45, 7) is 1.14. The van der Waals surface area contributed by atoms with Crippen molar-refractivity contribution in [2.45, 2.75) is 31.3 Å². The van der Waals surface area contributed by atoms with Crippen LogP contribution in [0.2, 0.25) is 0 Å². The number of nitrogens with two attached hydrogens (primary N) is 3. The maximum atomic E-state index is 13.6. The molecule has 0 aliphatic carbocycles. The summed E-state index contributed by atoms with van der Waals surface area (Å²) >= 11 is 0. The predicted octanol–water partition coefficient (Wildman–Crippen LogP) is 2.01. The van der Waals surface area contributed by atoms with Crippen molar-refractivity contribution in [1.82, 2.24) is 10.2 Å². The molecule has 0 spiro atoms. The Morgan fingerprint density at radius 1 is 0.857 bits per heavy atom. The van der Waals surface area contributed by atoms with E-state index in [1.807, 2.05) is 30.3 Å². The van der Waals surface area contributed by atoms with Crippen LogP contribution in [0.5, 0.6) is 17.2 Å². The van der Waals surface area contributed by atoms with Gasteiger partial charge >= 0.3 is 0 Å². The number of methoxy groups -OCH3 is 1. The van der Waals surface area contributed by atoms with E-state index in [0.717, 1.165) is 5.56 Å². The topological polar surface area (TPSA) is 175 Å². The van der Waals surface area contributed by atoms with Crippen LogP contribution in [-0.4, -0.2) is 68.0 Å². The summed E-state index contributed by atoms with van der Waals surface area (Å²) < 4.78 is 11.3. The Bertz CT molecular complexity index is 1300. The molecule has 42 heavy (non-hydrogen) atoms. The second kappa shape index (κ2) is 16.7. The average Bonchev–Trinajstić information content (AvgIpc) is 3.00. The Morgan fingerprint density at radius 3 is 2.21 bits per heavy atom. The van der Waals surface area contributed by atoms with E-state index in [9.17, 15) is 14.4 Å². The largest absolute Gasteiger partial charge is 0.497 e. The lowest BCUT2D eigenvalue weighted by Gasteiger charge is -2.24. The molecule has 0 aliphatic heterocycles. The zero-order chi connectivity index (χ0) is 30.3. The number of amides is 3. The van der Waals surface area contributed by atoms with Crippen molar-refractivity contribution in [3.8, 4) is 17.2 Å². The Morgan fingerprint density at radius 2 is 1.52 bits per heavy atom. The fraction of sp³-hybridized carbons (Fsp3) is 0.323. The van der Waals surface area contributed by atoms with Gasteiger partial charge in [0, 0.05) is 32.2 Å². The molecule has 3 aromatic carbocycles. The number of ether oxygens (including phenoxy) is 2. The highest BCUT2D eigenvalue weighted by molar-refractivity contribution is 5.99. The summed E-state index contributed by atoms with van der Waals surface area (Å²) in [5.41, 5.74) is 18.7. The van der Waals surface area contributed by atoms with E-state index in [1.54, 1.807) is 55.6 Å². The van der Waals surface area contributed by atoms with Gasteiger partial charge in [-0.3, -0.25) is 14.4 Å². The molecule has 3 amide bonds. The summed E-state index contributed by atoms with van der Waals surface area (Å²) in [6, 6.07) is 21.6. The summed E-state index contributed by atoms with van der Waals surface area (Å²) in [6.07, 6.45) is 0.583. The summed E-state index contributed by atoms with van der Waals surface area (Å²) in [5.74, 6) is 0.169. The molecule has 0 bridgehead atoms. The third-order valence-electron chi connectivity index (χ3n) is 6.49. The third kappa shape index (κ3) is 9.88. The molecule has 0 saturated heterocycles.